The van der Waals surface area contributed by atoms with E-state index in [-0.39, 0.29) is 42.3 Å². The number of ether oxygens (including phenoxy) is 1. The lowest BCUT2D eigenvalue weighted by atomic mass is 10.1. The van der Waals surface area contributed by atoms with Crippen LogP contribution in [0.25, 0.3) is 10.8 Å². The summed E-state index contributed by atoms with van der Waals surface area (Å²) in [5.74, 6) is -0.962. The van der Waals surface area contributed by atoms with Crippen molar-refractivity contribution in [2.75, 3.05) is 26.2 Å². The molecule has 2 aromatic carbocycles. The van der Waals surface area contributed by atoms with Crippen molar-refractivity contribution in [1.82, 2.24) is 19.0 Å². The fourth-order valence-corrected chi connectivity index (χ4v) is 5.12. The van der Waals surface area contributed by atoms with Crippen molar-refractivity contribution in [3.63, 3.8) is 0 Å². The Labute approximate surface area is 192 Å². The number of rotatable bonds is 4. The average molecular weight is 496 g/mol. The van der Waals surface area contributed by atoms with Gasteiger partial charge in [0.25, 0.3) is 11.5 Å². The minimum Gasteiger partial charge on any atom is -0.406 e. The molecule has 1 fully saturated rings. The summed E-state index contributed by atoms with van der Waals surface area (Å²) < 4.78 is 68.7. The van der Waals surface area contributed by atoms with E-state index >= 15 is 0 Å². The number of hydrogen-bond acceptors (Lipinski definition) is 6. The number of carbonyl (C=O) groups is 1. The van der Waals surface area contributed by atoms with Gasteiger partial charge in [-0.25, -0.2) is 13.1 Å². The van der Waals surface area contributed by atoms with Crippen LogP contribution in [0.2, 0.25) is 0 Å². The highest BCUT2D eigenvalue weighted by Gasteiger charge is 2.33. The third-order valence-electron chi connectivity index (χ3n) is 5.38. The number of alkyl halides is 3. The molecule has 1 saturated heterocycles. The zero-order valence-electron chi connectivity index (χ0n) is 17.8. The van der Waals surface area contributed by atoms with Gasteiger partial charge in [0, 0.05) is 38.6 Å². The molecule has 0 atom stereocenters. The number of halogens is 3. The molecular weight excluding hydrogens is 477 g/mol. The van der Waals surface area contributed by atoms with E-state index in [9.17, 15) is 31.2 Å². The minimum atomic E-state index is -4.88. The first-order chi connectivity index (χ1) is 16.0. The van der Waals surface area contributed by atoms with Gasteiger partial charge in [-0.1, -0.05) is 18.2 Å². The van der Waals surface area contributed by atoms with Crippen molar-refractivity contribution in [2.24, 2.45) is 7.05 Å². The summed E-state index contributed by atoms with van der Waals surface area (Å²) >= 11 is 0. The van der Waals surface area contributed by atoms with Crippen LogP contribution in [0.3, 0.4) is 0 Å². The van der Waals surface area contributed by atoms with Gasteiger partial charge < -0.3 is 9.64 Å². The second-order valence-electron chi connectivity index (χ2n) is 7.54. The van der Waals surface area contributed by atoms with Crippen LogP contribution in [0.4, 0.5) is 13.2 Å². The first-order valence-electron chi connectivity index (χ1n) is 10.1. The molecule has 0 bridgehead atoms. The summed E-state index contributed by atoms with van der Waals surface area (Å²) in [5.41, 5.74) is -0.246. The van der Waals surface area contributed by atoms with Gasteiger partial charge >= 0.3 is 6.36 Å². The lowest BCUT2D eigenvalue weighted by Gasteiger charge is -2.34. The van der Waals surface area contributed by atoms with Gasteiger partial charge in [-0.05, 0) is 30.3 Å². The number of benzene rings is 2. The van der Waals surface area contributed by atoms with Gasteiger partial charge in [0.05, 0.1) is 10.3 Å². The maximum Gasteiger partial charge on any atom is 0.573 e. The van der Waals surface area contributed by atoms with E-state index in [1.54, 1.807) is 24.3 Å². The summed E-state index contributed by atoms with van der Waals surface area (Å²) in [5, 5.41) is 4.87. The van der Waals surface area contributed by atoms with Crippen molar-refractivity contribution in [3.8, 4) is 5.75 Å². The highest BCUT2D eigenvalue weighted by Crippen LogP contribution is 2.26. The van der Waals surface area contributed by atoms with Crippen LogP contribution in [-0.2, 0) is 17.1 Å². The molecule has 1 amide bonds. The molecule has 0 saturated carbocycles. The molecule has 0 N–H and O–H groups in total. The molecule has 4 rings (SSSR count). The summed E-state index contributed by atoms with van der Waals surface area (Å²) in [6.45, 7) is 0.121. The second kappa shape index (κ2) is 8.72. The van der Waals surface area contributed by atoms with E-state index in [0.717, 1.165) is 33.3 Å². The van der Waals surface area contributed by atoms with Gasteiger partial charge in [0.15, 0.2) is 5.69 Å². The molecule has 0 radical (unpaired) electrons. The van der Waals surface area contributed by atoms with Crippen LogP contribution in [-0.4, -0.2) is 65.9 Å². The Morgan fingerprint density at radius 1 is 0.971 bits per heavy atom. The van der Waals surface area contributed by atoms with E-state index in [1.165, 1.54) is 11.9 Å². The molecule has 3 aromatic rings. The molecule has 13 heteroatoms. The number of hydrogen-bond donors (Lipinski definition) is 0. The number of aryl methyl sites for hydroxylation is 1. The Kier molecular flexibility index (Phi) is 6.08. The second-order valence-corrected chi connectivity index (χ2v) is 9.48. The molecule has 180 valence electrons. The highest BCUT2D eigenvalue weighted by atomic mass is 32.2. The topological polar surface area (TPSA) is 102 Å². The zero-order chi connectivity index (χ0) is 24.7. The number of fused-ring (bicyclic) bond motifs is 1. The van der Waals surface area contributed by atoms with Gasteiger partial charge in [0.2, 0.25) is 10.0 Å². The molecule has 2 heterocycles. The maximum atomic E-state index is 13.1. The number of nitrogens with zero attached hydrogens (tertiary/aromatic N) is 4. The first kappa shape index (κ1) is 23.7. The largest absolute Gasteiger partial charge is 0.573 e. The molecule has 0 unspecified atom stereocenters. The Morgan fingerprint density at radius 2 is 1.56 bits per heavy atom. The first-order valence-corrected chi connectivity index (χ1v) is 11.5. The van der Waals surface area contributed by atoms with Crippen LogP contribution in [0.5, 0.6) is 5.75 Å². The van der Waals surface area contributed by atoms with Gasteiger partial charge in [0.1, 0.15) is 5.75 Å². The van der Waals surface area contributed by atoms with E-state index in [2.05, 4.69) is 9.84 Å². The lowest BCUT2D eigenvalue weighted by Crippen LogP contribution is -2.50. The van der Waals surface area contributed by atoms with Crippen LogP contribution in [0.1, 0.15) is 10.5 Å². The SMILES string of the molecule is Cn1nc(C(=O)N2CCN(S(=O)(=O)c3ccc(OC(F)(F)F)cc3)CC2)c2ccccc2c1=O. The quantitative estimate of drug-likeness (QED) is 0.548. The molecule has 9 nitrogen and oxygen atoms in total. The van der Waals surface area contributed by atoms with Crippen molar-refractivity contribution in [1.29, 1.82) is 0 Å². The number of piperazine rings is 1. The maximum absolute atomic E-state index is 13.1. The predicted octanol–water partition coefficient (Wildman–Crippen LogP) is 1.98. The molecule has 1 aliphatic rings. The van der Waals surface area contributed by atoms with E-state index in [0.29, 0.717) is 10.8 Å². The average Bonchev–Trinajstić information content (AvgIpc) is 2.80. The van der Waals surface area contributed by atoms with Crippen LogP contribution in [0.15, 0.2) is 58.2 Å². The normalized spacial score (nSPS) is 15.5. The van der Waals surface area contributed by atoms with Gasteiger partial charge in [-0.15, -0.1) is 13.2 Å². The summed E-state index contributed by atoms with van der Waals surface area (Å²) in [6, 6.07) is 10.5. The third kappa shape index (κ3) is 4.61. The predicted molar refractivity (Wildman–Crippen MR) is 115 cm³/mol. The summed E-state index contributed by atoms with van der Waals surface area (Å²) in [4.78, 5) is 26.7. The van der Waals surface area contributed by atoms with Gasteiger partial charge in [-0.3, -0.25) is 9.59 Å². The van der Waals surface area contributed by atoms with Crippen molar-refractivity contribution >= 4 is 26.7 Å². The van der Waals surface area contributed by atoms with Crippen LogP contribution in [0, 0.1) is 0 Å². The van der Waals surface area contributed by atoms with Crippen LogP contribution >= 0.6 is 0 Å². The summed E-state index contributed by atoms with van der Waals surface area (Å²) in [7, 11) is -2.54. The number of sulfonamides is 1. The van der Waals surface area contributed by atoms with E-state index in [1.807, 2.05) is 0 Å². The van der Waals surface area contributed by atoms with Crippen LogP contribution < -0.4 is 10.3 Å². The molecule has 1 aliphatic heterocycles. The molecule has 0 aliphatic carbocycles. The molecule has 0 spiro atoms. The standard InChI is InChI=1S/C21H19F3N4O5S/c1-26-19(29)17-5-3-2-4-16(17)18(25-26)20(30)27-10-12-28(13-11-27)34(31,32)15-8-6-14(7-9-15)33-21(22,23)24/h2-9H,10-13H2,1H3. The fraction of sp³-hybridized carbons (Fsp3) is 0.286. The molecular formula is C21H19F3N4O5S. The Morgan fingerprint density at radius 3 is 2.15 bits per heavy atom. The molecule has 1 aromatic heterocycles. The van der Waals surface area contributed by atoms with Crippen molar-refractivity contribution < 1.29 is 31.1 Å². The monoisotopic (exact) mass is 496 g/mol. The van der Waals surface area contributed by atoms with Crippen molar-refractivity contribution in [2.45, 2.75) is 11.3 Å². The van der Waals surface area contributed by atoms with E-state index < -0.39 is 28.0 Å². The van der Waals surface area contributed by atoms with Gasteiger partial charge in [-0.2, -0.15) is 9.40 Å². The Bertz CT molecular complexity index is 1400. The highest BCUT2D eigenvalue weighted by molar-refractivity contribution is 7.89. The Hall–Kier alpha value is -3.45. The number of amides is 1. The molecule has 34 heavy (non-hydrogen) atoms. The number of aromatic nitrogens is 2. The summed E-state index contributed by atoms with van der Waals surface area (Å²) in [6.07, 6.45) is -4.88. The lowest BCUT2D eigenvalue weighted by molar-refractivity contribution is -0.274. The number of carbonyl (C=O) groups excluding carboxylic acids is 1. The zero-order valence-corrected chi connectivity index (χ0v) is 18.6. The minimum absolute atomic E-state index is 0.0153. The third-order valence-corrected chi connectivity index (χ3v) is 7.29. The smallest absolute Gasteiger partial charge is 0.406 e. The van der Waals surface area contributed by atoms with E-state index in [4.69, 9.17) is 0 Å². The fourth-order valence-electron chi connectivity index (χ4n) is 3.70. The Balaban J connectivity index is 1.49. The van der Waals surface area contributed by atoms with Crippen molar-refractivity contribution in [3.05, 3.63) is 64.6 Å².